The molecular formula is C20H21N3O5S. The summed E-state index contributed by atoms with van der Waals surface area (Å²) < 4.78 is 15.6. The van der Waals surface area contributed by atoms with Gasteiger partial charge in [-0.1, -0.05) is 0 Å². The third kappa shape index (κ3) is 4.78. The number of nitrogens with zero attached hydrogens (tertiary/aromatic N) is 2. The molecule has 0 bridgehead atoms. The summed E-state index contributed by atoms with van der Waals surface area (Å²) in [6.45, 7) is 2.73. The Labute approximate surface area is 172 Å². The molecule has 1 aliphatic rings. The standard InChI is InChI=1S/C20H21N3O5S/c1-3-27-20(25)23-9-8-15-16(10-21)19(29-17(15)11-23)22-18(24)12-28-14-6-4-13(26-2)5-7-14/h4-7H,3,8-9,11-12H2,1-2H3,(H,22,24). The normalized spacial score (nSPS) is 12.5. The summed E-state index contributed by atoms with van der Waals surface area (Å²) in [5.41, 5.74) is 1.33. The third-order valence-electron chi connectivity index (χ3n) is 4.38. The molecule has 3 rings (SSSR count). The van der Waals surface area contributed by atoms with Gasteiger partial charge in [0.05, 0.1) is 25.8 Å². The van der Waals surface area contributed by atoms with E-state index in [0.717, 1.165) is 10.4 Å². The number of thiophene rings is 1. The summed E-state index contributed by atoms with van der Waals surface area (Å²) in [6, 6.07) is 9.07. The van der Waals surface area contributed by atoms with E-state index in [1.54, 1.807) is 43.2 Å². The van der Waals surface area contributed by atoms with E-state index in [4.69, 9.17) is 14.2 Å². The number of anilines is 1. The zero-order valence-electron chi connectivity index (χ0n) is 16.2. The first-order valence-electron chi connectivity index (χ1n) is 9.08. The molecule has 2 amide bonds. The highest BCUT2D eigenvalue weighted by molar-refractivity contribution is 7.16. The van der Waals surface area contributed by atoms with Crippen LogP contribution in [0.1, 0.15) is 22.9 Å². The van der Waals surface area contributed by atoms with Gasteiger partial charge >= 0.3 is 6.09 Å². The van der Waals surface area contributed by atoms with E-state index < -0.39 is 0 Å². The summed E-state index contributed by atoms with van der Waals surface area (Å²) in [5.74, 6) is 0.872. The van der Waals surface area contributed by atoms with E-state index in [1.807, 2.05) is 0 Å². The van der Waals surface area contributed by atoms with Gasteiger partial charge in [-0.15, -0.1) is 11.3 Å². The van der Waals surface area contributed by atoms with Crippen molar-refractivity contribution in [1.29, 1.82) is 5.26 Å². The summed E-state index contributed by atoms with van der Waals surface area (Å²) >= 11 is 1.30. The highest BCUT2D eigenvalue weighted by Crippen LogP contribution is 2.36. The molecule has 9 heteroatoms. The van der Waals surface area contributed by atoms with E-state index in [1.165, 1.54) is 11.3 Å². The van der Waals surface area contributed by atoms with Crippen molar-refractivity contribution in [1.82, 2.24) is 4.90 Å². The Morgan fingerprint density at radius 3 is 2.66 bits per heavy atom. The molecule has 1 aliphatic heterocycles. The maximum atomic E-state index is 12.3. The summed E-state index contributed by atoms with van der Waals surface area (Å²) in [6.07, 6.45) is 0.176. The molecule has 0 spiro atoms. The van der Waals surface area contributed by atoms with Gasteiger partial charge in [0, 0.05) is 11.4 Å². The fraction of sp³-hybridized carbons (Fsp3) is 0.350. The smallest absolute Gasteiger partial charge is 0.410 e. The maximum Gasteiger partial charge on any atom is 0.410 e. The Morgan fingerprint density at radius 2 is 2.00 bits per heavy atom. The number of benzene rings is 1. The van der Waals surface area contributed by atoms with E-state index in [9.17, 15) is 14.9 Å². The van der Waals surface area contributed by atoms with E-state index in [0.29, 0.717) is 48.2 Å². The Kier molecular flexibility index (Phi) is 6.57. The van der Waals surface area contributed by atoms with Crippen LogP contribution < -0.4 is 14.8 Å². The van der Waals surface area contributed by atoms with E-state index in [2.05, 4.69) is 11.4 Å². The molecular weight excluding hydrogens is 394 g/mol. The van der Waals surface area contributed by atoms with E-state index in [-0.39, 0.29) is 18.6 Å². The van der Waals surface area contributed by atoms with Crippen molar-refractivity contribution in [2.45, 2.75) is 19.9 Å². The predicted octanol–water partition coefficient (Wildman–Crippen LogP) is 3.16. The average molecular weight is 415 g/mol. The van der Waals surface area contributed by atoms with Crippen LogP contribution >= 0.6 is 11.3 Å². The second-order valence-electron chi connectivity index (χ2n) is 6.20. The monoisotopic (exact) mass is 415 g/mol. The van der Waals surface area contributed by atoms with Gasteiger partial charge in [0.2, 0.25) is 0 Å². The van der Waals surface area contributed by atoms with Gasteiger partial charge < -0.3 is 24.4 Å². The number of hydrogen-bond acceptors (Lipinski definition) is 7. The molecule has 0 saturated carbocycles. The molecule has 2 aromatic rings. The van der Waals surface area contributed by atoms with Gasteiger partial charge in [0.25, 0.3) is 5.91 Å². The number of amides is 2. The van der Waals surface area contributed by atoms with Crippen LogP contribution in [-0.2, 0) is 22.5 Å². The van der Waals surface area contributed by atoms with Crippen molar-refractivity contribution in [2.75, 3.05) is 32.2 Å². The lowest BCUT2D eigenvalue weighted by Crippen LogP contribution is -2.35. The minimum absolute atomic E-state index is 0.186. The van der Waals surface area contributed by atoms with Crippen LogP contribution in [0.5, 0.6) is 11.5 Å². The zero-order chi connectivity index (χ0) is 20.8. The first kappa shape index (κ1) is 20.5. The lowest BCUT2D eigenvalue weighted by atomic mass is 10.0. The molecule has 2 heterocycles. The molecule has 29 heavy (non-hydrogen) atoms. The van der Waals surface area contributed by atoms with Crippen LogP contribution in [-0.4, -0.2) is 43.8 Å². The van der Waals surface area contributed by atoms with Crippen molar-refractivity contribution in [3.8, 4) is 17.6 Å². The quantitative estimate of drug-likeness (QED) is 0.778. The fourth-order valence-electron chi connectivity index (χ4n) is 2.96. The van der Waals surface area contributed by atoms with Crippen LogP contribution in [0.3, 0.4) is 0 Å². The van der Waals surface area contributed by atoms with E-state index >= 15 is 0 Å². The number of fused-ring (bicyclic) bond motifs is 1. The van der Waals surface area contributed by atoms with Gasteiger partial charge in [-0.2, -0.15) is 5.26 Å². The predicted molar refractivity (Wildman–Crippen MR) is 107 cm³/mol. The van der Waals surface area contributed by atoms with Crippen LogP contribution in [0.2, 0.25) is 0 Å². The van der Waals surface area contributed by atoms with Crippen molar-refractivity contribution < 1.29 is 23.8 Å². The largest absolute Gasteiger partial charge is 0.497 e. The summed E-state index contributed by atoms with van der Waals surface area (Å²) in [4.78, 5) is 26.7. The summed E-state index contributed by atoms with van der Waals surface area (Å²) in [7, 11) is 1.57. The third-order valence-corrected chi connectivity index (χ3v) is 5.51. The molecule has 0 atom stereocenters. The second kappa shape index (κ2) is 9.30. The van der Waals surface area contributed by atoms with Crippen LogP contribution in [0.4, 0.5) is 9.80 Å². The fourth-order valence-corrected chi connectivity index (χ4v) is 4.19. The van der Waals surface area contributed by atoms with Crippen LogP contribution in [0, 0.1) is 11.3 Å². The molecule has 0 fully saturated rings. The Bertz CT molecular complexity index is 933. The number of carbonyl (C=O) groups is 2. The molecule has 0 radical (unpaired) electrons. The summed E-state index contributed by atoms with van der Waals surface area (Å²) in [5, 5.41) is 12.8. The zero-order valence-corrected chi connectivity index (χ0v) is 17.0. The minimum Gasteiger partial charge on any atom is -0.497 e. The minimum atomic E-state index is -0.372. The number of hydrogen-bond donors (Lipinski definition) is 1. The van der Waals surface area contributed by atoms with Gasteiger partial charge in [-0.25, -0.2) is 4.79 Å². The molecule has 1 aromatic heterocycles. The first-order chi connectivity index (χ1) is 14.0. The van der Waals surface area contributed by atoms with Crippen molar-refractivity contribution in [3.63, 3.8) is 0 Å². The van der Waals surface area contributed by atoms with Crippen molar-refractivity contribution >= 4 is 28.3 Å². The molecule has 0 unspecified atom stereocenters. The maximum absolute atomic E-state index is 12.3. The first-order valence-corrected chi connectivity index (χ1v) is 9.90. The van der Waals surface area contributed by atoms with Crippen LogP contribution in [0.15, 0.2) is 24.3 Å². The highest BCUT2D eigenvalue weighted by atomic mass is 32.1. The van der Waals surface area contributed by atoms with Gasteiger partial charge in [-0.3, -0.25) is 4.79 Å². The number of rotatable bonds is 6. The Balaban J connectivity index is 1.64. The number of ether oxygens (including phenoxy) is 3. The average Bonchev–Trinajstić information content (AvgIpc) is 3.08. The topological polar surface area (TPSA) is 101 Å². The number of nitriles is 1. The molecule has 8 nitrogen and oxygen atoms in total. The Hall–Kier alpha value is -3.25. The molecule has 1 aromatic carbocycles. The van der Waals surface area contributed by atoms with Crippen molar-refractivity contribution in [3.05, 3.63) is 40.3 Å². The molecule has 152 valence electrons. The van der Waals surface area contributed by atoms with Crippen molar-refractivity contribution in [2.24, 2.45) is 0 Å². The van der Waals surface area contributed by atoms with Crippen LogP contribution in [0.25, 0.3) is 0 Å². The SMILES string of the molecule is CCOC(=O)N1CCc2c(sc(NC(=O)COc3ccc(OC)cc3)c2C#N)C1. The number of methoxy groups -OCH3 is 1. The highest BCUT2D eigenvalue weighted by Gasteiger charge is 2.28. The van der Waals surface area contributed by atoms with Gasteiger partial charge in [0.15, 0.2) is 6.61 Å². The number of carbonyl (C=O) groups excluding carboxylic acids is 2. The molecule has 0 saturated heterocycles. The molecule has 1 N–H and O–H groups in total. The Morgan fingerprint density at radius 1 is 1.28 bits per heavy atom. The second-order valence-corrected chi connectivity index (χ2v) is 7.31. The lowest BCUT2D eigenvalue weighted by molar-refractivity contribution is -0.118. The van der Waals surface area contributed by atoms with Gasteiger partial charge in [-0.05, 0) is 43.2 Å². The lowest BCUT2D eigenvalue weighted by Gasteiger charge is -2.25. The number of nitrogens with one attached hydrogen (secondary N) is 1. The molecule has 0 aliphatic carbocycles. The van der Waals surface area contributed by atoms with Gasteiger partial charge in [0.1, 0.15) is 22.6 Å².